The average Bonchev–Trinajstić information content (AvgIpc) is 3.31. The molecule has 1 saturated carbocycles. The van der Waals surface area contributed by atoms with Gasteiger partial charge in [-0.1, -0.05) is 73.0 Å². The fourth-order valence-electron chi connectivity index (χ4n) is 5.07. The summed E-state index contributed by atoms with van der Waals surface area (Å²) in [6.07, 6.45) is 6.49. The van der Waals surface area contributed by atoms with Crippen molar-refractivity contribution in [3.05, 3.63) is 83.7 Å². The number of para-hydroxylation sites is 1. The van der Waals surface area contributed by atoms with Crippen LogP contribution in [0.25, 0.3) is 0 Å². The minimum Gasteiger partial charge on any atom is -1.00 e. The van der Waals surface area contributed by atoms with Gasteiger partial charge in [-0.15, -0.1) is 0 Å². The van der Waals surface area contributed by atoms with Crippen LogP contribution < -0.4 is 21.7 Å². The Kier molecular flexibility index (Phi) is 9.34. The minimum absolute atomic E-state index is 0. The first-order chi connectivity index (χ1) is 16.0. The molecule has 1 fully saturated rings. The third kappa shape index (κ3) is 6.49. The molecule has 1 aliphatic rings. The summed E-state index contributed by atoms with van der Waals surface area (Å²) < 4.78 is 12.4. The van der Waals surface area contributed by atoms with Crippen LogP contribution in [-0.2, 0) is 12.1 Å². The van der Waals surface area contributed by atoms with Crippen molar-refractivity contribution in [2.24, 2.45) is 5.92 Å². The SMILES string of the molecule is C[N+](C)(CCCOc1ccccc1)Cc1cc(C(O)(c2ccccc2)C2CCCCC2)on1.[Br-]. The Morgan fingerprint density at radius 3 is 2.32 bits per heavy atom. The van der Waals surface area contributed by atoms with E-state index in [0.717, 1.165) is 66.7 Å². The van der Waals surface area contributed by atoms with Crippen LogP contribution in [0.5, 0.6) is 5.75 Å². The monoisotopic (exact) mass is 528 g/mol. The Morgan fingerprint density at radius 1 is 1.00 bits per heavy atom. The molecule has 4 rings (SSSR count). The molecule has 0 radical (unpaired) electrons. The van der Waals surface area contributed by atoms with Crippen LogP contribution in [0.2, 0.25) is 0 Å². The van der Waals surface area contributed by atoms with E-state index in [2.05, 4.69) is 19.3 Å². The number of aliphatic hydroxyl groups is 1. The Bertz CT molecular complexity index is 987. The van der Waals surface area contributed by atoms with Gasteiger partial charge < -0.3 is 35.8 Å². The molecule has 0 spiro atoms. The summed E-state index contributed by atoms with van der Waals surface area (Å²) in [6.45, 7) is 2.39. The lowest BCUT2D eigenvalue weighted by molar-refractivity contribution is -0.904. The van der Waals surface area contributed by atoms with Gasteiger partial charge >= 0.3 is 0 Å². The highest BCUT2D eigenvalue weighted by molar-refractivity contribution is 5.32. The van der Waals surface area contributed by atoms with Crippen LogP contribution >= 0.6 is 0 Å². The summed E-state index contributed by atoms with van der Waals surface area (Å²) in [4.78, 5) is 0. The largest absolute Gasteiger partial charge is 1.00 e. The maximum atomic E-state index is 12.0. The zero-order valence-electron chi connectivity index (χ0n) is 20.3. The molecule has 5 nitrogen and oxygen atoms in total. The van der Waals surface area contributed by atoms with Crippen molar-refractivity contribution in [2.75, 3.05) is 27.2 Å². The van der Waals surface area contributed by atoms with E-state index in [1.54, 1.807) is 0 Å². The predicted octanol–water partition coefficient (Wildman–Crippen LogP) is 2.54. The summed E-state index contributed by atoms with van der Waals surface area (Å²) in [5.74, 6) is 1.63. The number of hydrogen-bond acceptors (Lipinski definition) is 4. The number of rotatable bonds is 10. The first-order valence-corrected chi connectivity index (χ1v) is 12.2. The molecule has 1 aromatic heterocycles. The molecule has 0 amide bonds. The number of ether oxygens (including phenoxy) is 1. The molecule has 2 aromatic carbocycles. The molecule has 3 aromatic rings. The third-order valence-electron chi connectivity index (χ3n) is 6.85. The fraction of sp³-hybridized carbons (Fsp3) is 0.464. The number of quaternary nitrogens is 1. The van der Waals surface area contributed by atoms with E-state index in [-0.39, 0.29) is 22.9 Å². The first-order valence-electron chi connectivity index (χ1n) is 12.2. The van der Waals surface area contributed by atoms with Gasteiger partial charge in [0.05, 0.1) is 27.2 Å². The van der Waals surface area contributed by atoms with E-state index in [1.165, 1.54) is 6.42 Å². The van der Waals surface area contributed by atoms with Gasteiger partial charge in [-0.25, -0.2) is 0 Å². The van der Waals surface area contributed by atoms with Crippen LogP contribution in [-0.4, -0.2) is 42.0 Å². The van der Waals surface area contributed by atoms with Crippen molar-refractivity contribution >= 4 is 0 Å². The summed E-state index contributed by atoms with van der Waals surface area (Å²) in [7, 11) is 4.39. The molecule has 34 heavy (non-hydrogen) atoms. The number of halogens is 1. The predicted molar refractivity (Wildman–Crippen MR) is 130 cm³/mol. The van der Waals surface area contributed by atoms with E-state index in [1.807, 2.05) is 66.7 Å². The second kappa shape index (κ2) is 12.0. The van der Waals surface area contributed by atoms with Gasteiger partial charge in [0.2, 0.25) is 0 Å². The third-order valence-corrected chi connectivity index (χ3v) is 6.85. The first kappa shape index (κ1) is 26.5. The molecule has 6 heteroatoms. The highest BCUT2D eigenvalue weighted by Crippen LogP contribution is 2.44. The molecule has 1 atom stereocenters. The van der Waals surface area contributed by atoms with Gasteiger partial charge in [0, 0.05) is 12.5 Å². The standard InChI is InChI=1S/C28H37N2O3.BrH/c1-30(2,19-12-20-32-26-17-10-5-11-18-26)22-25-21-27(33-29-25)28(31,23-13-6-3-7-14-23)24-15-8-4-9-16-24;/h3,5-7,10-11,13-14,17-18,21,24,31H,4,8-9,12,15-16,19-20,22H2,1-2H3;1H/q+1;/p-1. The second-order valence-corrected chi connectivity index (χ2v) is 9.98. The molecule has 1 N–H and O–H groups in total. The van der Waals surface area contributed by atoms with Crippen LogP contribution in [0, 0.1) is 5.92 Å². The molecule has 0 saturated heterocycles. The topological polar surface area (TPSA) is 55.5 Å². The zero-order valence-corrected chi connectivity index (χ0v) is 21.9. The van der Waals surface area contributed by atoms with Crippen LogP contribution in [0.1, 0.15) is 55.5 Å². The Labute approximate surface area is 214 Å². The average molecular weight is 530 g/mol. The summed E-state index contributed by atoms with van der Waals surface area (Å²) >= 11 is 0. The number of hydrogen-bond donors (Lipinski definition) is 1. The van der Waals surface area contributed by atoms with Crippen molar-refractivity contribution < 1.29 is 35.8 Å². The lowest BCUT2D eigenvalue weighted by Gasteiger charge is -2.37. The van der Waals surface area contributed by atoms with Crippen LogP contribution in [0.3, 0.4) is 0 Å². The smallest absolute Gasteiger partial charge is 0.173 e. The Morgan fingerprint density at radius 2 is 1.65 bits per heavy atom. The van der Waals surface area contributed by atoms with Crippen LogP contribution in [0.15, 0.2) is 71.3 Å². The van der Waals surface area contributed by atoms with Crippen molar-refractivity contribution in [1.29, 1.82) is 0 Å². The summed E-state index contributed by atoms with van der Waals surface area (Å²) in [5.41, 5.74) is 0.642. The normalized spacial score (nSPS) is 16.4. The molecular weight excluding hydrogens is 492 g/mol. The van der Waals surface area contributed by atoms with E-state index >= 15 is 0 Å². The van der Waals surface area contributed by atoms with Crippen LogP contribution in [0.4, 0.5) is 0 Å². The number of nitrogens with zero attached hydrogens (tertiary/aromatic N) is 2. The lowest BCUT2D eigenvalue weighted by atomic mass is 9.72. The summed E-state index contributed by atoms with van der Waals surface area (Å²) in [5, 5.41) is 16.4. The highest BCUT2D eigenvalue weighted by atomic mass is 79.9. The molecule has 1 unspecified atom stereocenters. The zero-order chi connectivity index (χ0) is 23.2. The highest BCUT2D eigenvalue weighted by Gasteiger charge is 2.44. The van der Waals surface area contributed by atoms with Gasteiger partial charge in [-0.3, -0.25) is 0 Å². The second-order valence-electron chi connectivity index (χ2n) is 9.98. The van der Waals surface area contributed by atoms with E-state index in [4.69, 9.17) is 9.26 Å². The Balaban J connectivity index is 0.00000324. The molecule has 0 bridgehead atoms. The van der Waals surface area contributed by atoms with E-state index in [9.17, 15) is 5.11 Å². The van der Waals surface area contributed by atoms with Gasteiger partial charge in [-0.2, -0.15) is 0 Å². The lowest BCUT2D eigenvalue weighted by Crippen LogP contribution is -3.00. The van der Waals surface area contributed by atoms with Gasteiger partial charge in [0.25, 0.3) is 0 Å². The molecule has 1 aliphatic carbocycles. The minimum atomic E-state index is -1.13. The van der Waals surface area contributed by atoms with Gasteiger partial charge in [0.1, 0.15) is 18.0 Å². The van der Waals surface area contributed by atoms with Crippen molar-refractivity contribution in [1.82, 2.24) is 5.16 Å². The number of benzene rings is 2. The Hall–Kier alpha value is -2.15. The van der Waals surface area contributed by atoms with Crippen molar-refractivity contribution in [2.45, 2.75) is 50.7 Å². The van der Waals surface area contributed by atoms with E-state index in [0.29, 0.717) is 12.4 Å². The van der Waals surface area contributed by atoms with Gasteiger partial charge in [-0.05, 0) is 36.5 Å². The fourth-order valence-corrected chi connectivity index (χ4v) is 5.07. The molecule has 184 valence electrons. The van der Waals surface area contributed by atoms with Gasteiger partial charge in [0.15, 0.2) is 11.4 Å². The van der Waals surface area contributed by atoms with Crippen molar-refractivity contribution in [3.8, 4) is 5.75 Å². The molecule has 1 heterocycles. The quantitative estimate of drug-likeness (QED) is 0.324. The van der Waals surface area contributed by atoms with E-state index < -0.39 is 5.60 Å². The van der Waals surface area contributed by atoms with Crippen molar-refractivity contribution in [3.63, 3.8) is 0 Å². The molecule has 0 aliphatic heterocycles. The maximum Gasteiger partial charge on any atom is 0.173 e. The summed E-state index contributed by atoms with van der Waals surface area (Å²) in [6, 6.07) is 21.9. The molecular formula is C28H37BrN2O3. The number of aromatic nitrogens is 1. The maximum absolute atomic E-state index is 12.0.